The SMILES string of the molecule is COCCOc1nc(-c2ccc(F)cc2)n(-c2ccc(NC(=O)c3ccc(C)cc3)cc2)n1. The summed E-state index contributed by atoms with van der Waals surface area (Å²) in [6, 6.07) is 20.7. The van der Waals surface area contributed by atoms with Crippen LogP contribution in [0.5, 0.6) is 6.01 Å². The minimum Gasteiger partial charge on any atom is -0.460 e. The maximum atomic E-state index is 13.4. The number of rotatable bonds is 8. The van der Waals surface area contributed by atoms with Gasteiger partial charge in [0.1, 0.15) is 12.4 Å². The Hall–Kier alpha value is -4.04. The lowest BCUT2D eigenvalue weighted by Crippen LogP contribution is -2.11. The van der Waals surface area contributed by atoms with Crippen molar-refractivity contribution < 1.29 is 18.7 Å². The number of aromatic nitrogens is 3. The van der Waals surface area contributed by atoms with Crippen molar-refractivity contribution in [3.63, 3.8) is 0 Å². The highest BCUT2D eigenvalue weighted by Crippen LogP contribution is 2.25. The molecule has 1 amide bonds. The smallest absolute Gasteiger partial charge is 0.336 e. The first-order valence-electron chi connectivity index (χ1n) is 10.4. The van der Waals surface area contributed by atoms with Crippen LogP contribution in [-0.2, 0) is 4.74 Å². The predicted molar refractivity (Wildman–Crippen MR) is 123 cm³/mol. The summed E-state index contributed by atoms with van der Waals surface area (Å²) in [5.41, 5.74) is 3.70. The summed E-state index contributed by atoms with van der Waals surface area (Å²) in [5.74, 6) is -0.0294. The molecule has 1 N–H and O–H groups in total. The van der Waals surface area contributed by atoms with E-state index in [0.717, 1.165) is 5.56 Å². The average molecular weight is 446 g/mol. The number of carbonyl (C=O) groups excluding carboxylic acids is 1. The van der Waals surface area contributed by atoms with Crippen LogP contribution in [0.1, 0.15) is 15.9 Å². The first kappa shape index (κ1) is 22.2. The molecule has 1 aromatic heterocycles. The summed E-state index contributed by atoms with van der Waals surface area (Å²) in [6.07, 6.45) is 0. The molecule has 0 saturated heterocycles. The van der Waals surface area contributed by atoms with Gasteiger partial charge >= 0.3 is 6.01 Å². The predicted octanol–water partition coefficient (Wildman–Crippen LogP) is 4.66. The summed E-state index contributed by atoms with van der Waals surface area (Å²) in [5, 5.41) is 7.33. The van der Waals surface area contributed by atoms with Gasteiger partial charge in [-0.15, -0.1) is 5.10 Å². The van der Waals surface area contributed by atoms with Crippen LogP contribution >= 0.6 is 0 Å². The second kappa shape index (κ2) is 10.1. The summed E-state index contributed by atoms with van der Waals surface area (Å²) in [7, 11) is 1.58. The molecule has 0 saturated carbocycles. The molecule has 7 nitrogen and oxygen atoms in total. The van der Waals surface area contributed by atoms with Gasteiger partial charge in [-0.2, -0.15) is 4.98 Å². The fourth-order valence-corrected chi connectivity index (χ4v) is 3.13. The van der Waals surface area contributed by atoms with Gasteiger partial charge in [0.15, 0.2) is 5.82 Å². The quantitative estimate of drug-likeness (QED) is 0.398. The van der Waals surface area contributed by atoms with Crippen molar-refractivity contribution in [2.75, 3.05) is 25.6 Å². The van der Waals surface area contributed by atoms with Gasteiger partial charge in [-0.05, 0) is 67.6 Å². The van der Waals surface area contributed by atoms with Gasteiger partial charge in [0.2, 0.25) is 0 Å². The third kappa shape index (κ3) is 5.42. The van der Waals surface area contributed by atoms with Crippen LogP contribution in [0.25, 0.3) is 17.1 Å². The molecular formula is C25H23FN4O3. The number of aryl methyl sites for hydroxylation is 1. The van der Waals surface area contributed by atoms with E-state index in [1.807, 2.05) is 31.2 Å². The minimum absolute atomic E-state index is 0.183. The summed E-state index contributed by atoms with van der Waals surface area (Å²) >= 11 is 0. The van der Waals surface area contributed by atoms with Gasteiger partial charge in [0.05, 0.1) is 12.3 Å². The Balaban J connectivity index is 1.58. The largest absolute Gasteiger partial charge is 0.460 e. The van der Waals surface area contributed by atoms with Crippen LogP contribution in [-0.4, -0.2) is 41.0 Å². The van der Waals surface area contributed by atoms with Crippen LogP contribution < -0.4 is 10.1 Å². The topological polar surface area (TPSA) is 78.3 Å². The molecule has 0 aliphatic carbocycles. The van der Waals surface area contributed by atoms with E-state index in [0.29, 0.717) is 41.5 Å². The standard InChI is InChI=1S/C25H23FN4O3/c1-17-3-5-19(6-4-17)24(31)27-21-11-13-22(14-12-21)30-23(18-7-9-20(26)10-8-18)28-25(29-30)33-16-15-32-2/h3-14H,15-16H2,1-2H3,(H,27,31). The molecule has 4 rings (SSSR count). The molecular weight excluding hydrogens is 423 g/mol. The highest BCUT2D eigenvalue weighted by Gasteiger charge is 2.15. The zero-order valence-corrected chi connectivity index (χ0v) is 18.3. The molecule has 0 aliphatic rings. The van der Waals surface area contributed by atoms with E-state index in [1.54, 1.807) is 48.2 Å². The first-order valence-corrected chi connectivity index (χ1v) is 10.4. The number of hydrogen-bond acceptors (Lipinski definition) is 5. The lowest BCUT2D eigenvalue weighted by Gasteiger charge is -2.09. The Kier molecular flexibility index (Phi) is 6.75. The molecule has 0 atom stereocenters. The molecule has 8 heteroatoms. The average Bonchev–Trinajstić information content (AvgIpc) is 3.25. The van der Waals surface area contributed by atoms with Crippen molar-refractivity contribution in [2.45, 2.75) is 6.92 Å². The van der Waals surface area contributed by atoms with Crippen molar-refractivity contribution in [1.29, 1.82) is 0 Å². The van der Waals surface area contributed by atoms with Gasteiger partial charge in [-0.25, -0.2) is 9.07 Å². The lowest BCUT2D eigenvalue weighted by atomic mass is 10.1. The Morgan fingerprint density at radius 3 is 2.33 bits per heavy atom. The van der Waals surface area contributed by atoms with Crippen molar-refractivity contribution in [1.82, 2.24) is 14.8 Å². The zero-order valence-electron chi connectivity index (χ0n) is 18.3. The molecule has 168 valence electrons. The molecule has 0 fully saturated rings. The Morgan fingerprint density at radius 2 is 1.67 bits per heavy atom. The molecule has 4 aromatic rings. The number of carbonyl (C=O) groups is 1. The summed E-state index contributed by atoms with van der Waals surface area (Å²) in [6.45, 7) is 2.67. The Bertz CT molecular complexity index is 1220. The molecule has 0 bridgehead atoms. The van der Waals surface area contributed by atoms with Crippen LogP contribution in [0.3, 0.4) is 0 Å². The third-order valence-electron chi connectivity index (χ3n) is 4.89. The number of ether oxygens (including phenoxy) is 2. The second-order valence-electron chi connectivity index (χ2n) is 7.34. The van der Waals surface area contributed by atoms with E-state index in [4.69, 9.17) is 9.47 Å². The number of hydrogen-bond donors (Lipinski definition) is 1. The fourth-order valence-electron chi connectivity index (χ4n) is 3.13. The van der Waals surface area contributed by atoms with E-state index in [2.05, 4.69) is 15.4 Å². The summed E-state index contributed by atoms with van der Waals surface area (Å²) in [4.78, 5) is 16.9. The van der Waals surface area contributed by atoms with Crippen molar-refractivity contribution >= 4 is 11.6 Å². The van der Waals surface area contributed by atoms with E-state index in [1.165, 1.54) is 12.1 Å². The molecule has 0 radical (unpaired) electrons. The minimum atomic E-state index is -0.338. The lowest BCUT2D eigenvalue weighted by molar-refractivity contribution is 0.102. The van der Waals surface area contributed by atoms with Gasteiger partial charge in [0, 0.05) is 23.9 Å². The maximum Gasteiger partial charge on any atom is 0.336 e. The molecule has 0 spiro atoms. The van der Waals surface area contributed by atoms with Crippen LogP contribution in [0.4, 0.5) is 10.1 Å². The van der Waals surface area contributed by atoms with Crippen molar-refractivity contribution in [2.24, 2.45) is 0 Å². The number of amides is 1. The maximum absolute atomic E-state index is 13.4. The number of anilines is 1. The van der Waals surface area contributed by atoms with Crippen LogP contribution in [0, 0.1) is 12.7 Å². The van der Waals surface area contributed by atoms with Crippen molar-refractivity contribution in [3.8, 4) is 23.1 Å². The molecule has 0 unspecified atom stereocenters. The van der Waals surface area contributed by atoms with Gasteiger partial charge in [-0.3, -0.25) is 4.79 Å². The first-order chi connectivity index (χ1) is 16.0. The molecule has 3 aromatic carbocycles. The van der Waals surface area contributed by atoms with Crippen LogP contribution in [0.15, 0.2) is 72.8 Å². The fraction of sp³-hybridized carbons (Fsp3) is 0.160. The highest BCUT2D eigenvalue weighted by atomic mass is 19.1. The van der Waals surface area contributed by atoms with E-state index >= 15 is 0 Å². The highest BCUT2D eigenvalue weighted by molar-refractivity contribution is 6.04. The number of methoxy groups -OCH3 is 1. The zero-order chi connectivity index (χ0) is 23.2. The molecule has 1 heterocycles. The van der Waals surface area contributed by atoms with E-state index < -0.39 is 0 Å². The molecule has 0 aliphatic heterocycles. The molecule has 33 heavy (non-hydrogen) atoms. The second-order valence-corrected chi connectivity index (χ2v) is 7.34. The normalized spacial score (nSPS) is 10.8. The Morgan fingerprint density at radius 1 is 0.970 bits per heavy atom. The van der Waals surface area contributed by atoms with Crippen LogP contribution in [0.2, 0.25) is 0 Å². The summed E-state index contributed by atoms with van der Waals surface area (Å²) < 4.78 is 25.6. The van der Waals surface area contributed by atoms with Gasteiger partial charge in [-0.1, -0.05) is 17.7 Å². The monoisotopic (exact) mass is 446 g/mol. The van der Waals surface area contributed by atoms with E-state index in [-0.39, 0.29) is 17.7 Å². The number of benzene rings is 3. The number of nitrogens with zero attached hydrogens (tertiary/aromatic N) is 3. The van der Waals surface area contributed by atoms with Crippen molar-refractivity contribution in [3.05, 3.63) is 89.7 Å². The number of halogens is 1. The Labute approximate surface area is 190 Å². The van der Waals surface area contributed by atoms with Gasteiger partial charge < -0.3 is 14.8 Å². The van der Waals surface area contributed by atoms with Gasteiger partial charge in [0.25, 0.3) is 5.91 Å². The number of nitrogens with one attached hydrogen (secondary N) is 1. The third-order valence-corrected chi connectivity index (χ3v) is 4.89. The van der Waals surface area contributed by atoms with E-state index in [9.17, 15) is 9.18 Å².